The van der Waals surface area contributed by atoms with E-state index < -0.39 is 0 Å². The molecule has 7 nitrogen and oxygen atoms in total. The fourth-order valence-electron chi connectivity index (χ4n) is 2.88. The zero-order valence-electron chi connectivity index (χ0n) is 13.8. The van der Waals surface area contributed by atoms with E-state index in [-0.39, 0.29) is 18.4 Å². The van der Waals surface area contributed by atoms with Crippen molar-refractivity contribution in [3.8, 4) is 5.75 Å². The molecular weight excluding hydrogens is 310 g/mol. The van der Waals surface area contributed by atoms with E-state index in [1.165, 1.54) is 0 Å². The van der Waals surface area contributed by atoms with Crippen molar-refractivity contribution in [1.29, 1.82) is 0 Å². The monoisotopic (exact) mass is 333 g/mol. The van der Waals surface area contributed by atoms with Crippen LogP contribution < -0.4 is 15.4 Å². The third-order valence-corrected chi connectivity index (χ3v) is 4.16. The van der Waals surface area contributed by atoms with Crippen LogP contribution in [0.3, 0.4) is 0 Å². The molecule has 24 heavy (non-hydrogen) atoms. The van der Waals surface area contributed by atoms with E-state index in [0.29, 0.717) is 29.5 Å². The molecule has 1 saturated heterocycles. The molecule has 0 bridgehead atoms. The van der Waals surface area contributed by atoms with Gasteiger partial charge in [0.1, 0.15) is 5.75 Å². The smallest absolute Gasteiger partial charge is 0.262 e. The van der Waals surface area contributed by atoms with E-state index in [2.05, 4.69) is 22.5 Å². The van der Waals surface area contributed by atoms with Gasteiger partial charge in [-0.2, -0.15) is 0 Å². The van der Waals surface area contributed by atoms with Crippen LogP contribution in [0.2, 0.25) is 0 Å². The summed E-state index contributed by atoms with van der Waals surface area (Å²) in [5.74, 6) is 0.588. The average molecular weight is 333 g/mol. The first-order chi connectivity index (χ1) is 11.6. The molecule has 0 spiro atoms. The number of hydrogen-bond acceptors (Lipinski definition) is 5. The van der Waals surface area contributed by atoms with Gasteiger partial charge in [-0.25, -0.2) is 0 Å². The molecule has 0 aromatic heterocycles. The van der Waals surface area contributed by atoms with Crippen LogP contribution in [0, 0.1) is 5.92 Å². The molecule has 0 aliphatic carbocycles. The van der Waals surface area contributed by atoms with Gasteiger partial charge in [-0.1, -0.05) is 6.92 Å². The first kappa shape index (κ1) is 16.7. The van der Waals surface area contributed by atoms with Crippen molar-refractivity contribution in [2.24, 2.45) is 5.92 Å². The summed E-state index contributed by atoms with van der Waals surface area (Å²) in [5, 5.41) is 5.67. The van der Waals surface area contributed by atoms with Crippen molar-refractivity contribution in [3.63, 3.8) is 0 Å². The van der Waals surface area contributed by atoms with E-state index in [9.17, 15) is 9.59 Å². The van der Waals surface area contributed by atoms with Crippen molar-refractivity contribution in [2.45, 2.75) is 6.92 Å². The van der Waals surface area contributed by atoms with Crippen LogP contribution in [-0.2, 0) is 9.53 Å². The van der Waals surface area contributed by atoms with Crippen LogP contribution in [0.5, 0.6) is 5.75 Å². The van der Waals surface area contributed by atoms with Crippen molar-refractivity contribution < 1.29 is 19.1 Å². The normalized spacial score (nSPS) is 19.0. The van der Waals surface area contributed by atoms with Gasteiger partial charge in [0.2, 0.25) is 0 Å². The lowest BCUT2D eigenvalue weighted by atomic mass is 10.1. The van der Waals surface area contributed by atoms with Crippen LogP contribution in [0.1, 0.15) is 17.3 Å². The maximum absolute atomic E-state index is 12.3. The topological polar surface area (TPSA) is 79.9 Å². The SMILES string of the molecule is C[C@@H](CNC(=O)c1ccc2c(c1)NC(=O)CO2)CN1CCOCC1. The van der Waals surface area contributed by atoms with Crippen molar-refractivity contribution in [1.82, 2.24) is 10.2 Å². The summed E-state index contributed by atoms with van der Waals surface area (Å²) in [6.45, 7) is 7.14. The zero-order chi connectivity index (χ0) is 16.9. The molecular formula is C17H23N3O4. The number of morpholine rings is 1. The summed E-state index contributed by atoms with van der Waals surface area (Å²) < 4.78 is 10.6. The number of fused-ring (bicyclic) bond motifs is 1. The highest BCUT2D eigenvalue weighted by atomic mass is 16.5. The Labute approximate surface area is 141 Å². The Balaban J connectivity index is 1.51. The van der Waals surface area contributed by atoms with Crippen LogP contribution in [0.4, 0.5) is 5.69 Å². The Hall–Kier alpha value is -2.12. The number of nitrogens with one attached hydrogen (secondary N) is 2. The second-order valence-corrected chi connectivity index (χ2v) is 6.28. The molecule has 2 aliphatic rings. The predicted octanol–water partition coefficient (Wildman–Crippen LogP) is 0.716. The maximum Gasteiger partial charge on any atom is 0.262 e. The minimum atomic E-state index is -0.209. The quantitative estimate of drug-likeness (QED) is 0.830. The minimum absolute atomic E-state index is 0.0115. The van der Waals surface area contributed by atoms with E-state index >= 15 is 0 Å². The second-order valence-electron chi connectivity index (χ2n) is 6.28. The number of carbonyl (C=O) groups is 2. The Morgan fingerprint density at radius 1 is 1.38 bits per heavy atom. The van der Waals surface area contributed by atoms with Gasteiger partial charge < -0.3 is 20.1 Å². The molecule has 0 radical (unpaired) electrons. The third kappa shape index (κ3) is 4.24. The Bertz CT molecular complexity index is 614. The molecule has 2 heterocycles. The molecule has 2 aliphatic heterocycles. The maximum atomic E-state index is 12.3. The van der Waals surface area contributed by atoms with Gasteiger partial charge >= 0.3 is 0 Å². The van der Waals surface area contributed by atoms with Gasteiger partial charge in [0.15, 0.2) is 6.61 Å². The van der Waals surface area contributed by atoms with Crippen molar-refractivity contribution in [3.05, 3.63) is 23.8 Å². The van der Waals surface area contributed by atoms with E-state index in [0.717, 1.165) is 32.8 Å². The lowest BCUT2D eigenvalue weighted by molar-refractivity contribution is -0.118. The van der Waals surface area contributed by atoms with E-state index in [1.54, 1.807) is 18.2 Å². The Morgan fingerprint density at radius 2 is 2.17 bits per heavy atom. The van der Waals surface area contributed by atoms with Gasteiger partial charge in [0, 0.05) is 31.7 Å². The standard InChI is InChI=1S/C17H23N3O4/c1-12(10-20-4-6-23-7-5-20)9-18-17(22)13-2-3-15-14(8-13)19-16(21)11-24-15/h2-3,8,12H,4-7,9-11H2,1H3,(H,18,22)(H,19,21)/t12-/m0/s1. The molecule has 1 fully saturated rings. The molecule has 1 aromatic rings. The number of ether oxygens (including phenoxy) is 2. The fourth-order valence-corrected chi connectivity index (χ4v) is 2.88. The summed E-state index contributed by atoms with van der Waals surface area (Å²) in [6.07, 6.45) is 0. The second kappa shape index (κ2) is 7.63. The first-order valence-corrected chi connectivity index (χ1v) is 8.27. The van der Waals surface area contributed by atoms with Gasteiger partial charge in [-0.05, 0) is 24.1 Å². The number of benzene rings is 1. The van der Waals surface area contributed by atoms with Crippen LogP contribution >= 0.6 is 0 Å². The Kier molecular flexibility index (Phi) is 5.32. The highest BCUT2D eigenvalue weighted by Gasteiger charge is 2.18. The van der Waals surface area contributed by atoms with Gasteiger partial charge in [0.25, 0.3) is 11.8 Å². The highest BCUT2D eigenvalue weighted by Crippen LogP contribution is 2.28. The van der Waals surface area contributed by atoms with Crippen molar-refractivity contribution in [2.75, 3.05) is 51.3 Å². The molecule has 3 rings (SSSR count). The lowest BCUT2D eigenvalue weighted by Gasteiger charge is -2.29. The summed E-state index contributed by atoms with van der Waals surface area (Å²) in [5.41, 5.74) is 1.05. The number of hydrogen-bond donors (Lipinski definition) is 2. The molecule has 0 unspecified atom stereocenters. The molecule has 0 saturated carbocycles. The number of nitrogens with zero attached hydrogens (tertiary/aromatic N) is 1. The number of anilines is 1. The summed E-state index contributed by atoms with van der Waals surface area (Å²) >= 11 is 0. The summed E-state index contributed by atoms with van der Waals surface area (Å²) in [7, 11) is 0. The number of amides is 2. The van der Waals surface area contributed by atoms with E-state index in [4.69, 9.17) is 9.47 Å². The lowest BCUT2D eigenvalue weighted by Crippen LogP contribution is -2.41. The molecule has 130 valence electrons. The number of rotatable bonds is 5. The molecule has 2 N–H and O–H groups in total. The van der Waals surface area contributed by atoms with Gasteiger partial charge in [-0.3, -0.25) is 14.5 Å². The molecule has 2 amide bonds. The predicted molar refractivity (Wildman–Crippen MR) is 89.3 cm³/mol. The highest BCUT2D eigenvalue weighted by molar-refractivity contribution is 5.99. The summed E-state index contributed by atoms with van der Waals surface area (Å²) in [6, 6.07) is 5.06. The Morgan fingerprint density at radius 3 is 2.96 bits per heavy atom. The number of carbonyl (C=O) groups excluding carboxylic acids is 2. The first-order valence-electron chi connectivity index (χ1n) is 8.27. The minimum Gasteiger partial charge on any atom is -0.482 e. The molecule has 1 aromatic carbocycles. The molecule has 7 heteroatoms. The van der Waals surface area contributed by atoms with E-state index in [1.807, 2.05) is 0 Å². The van der Waals surface area contributed by atoms with Crippen LogP contribution in [0.25, 0.3) is 0 Å². The third-order valence-electron chi connectivity index (χ3n) is 4.16. The fraction of sp³-hybridized carbons (Fsp3) is 0.529. The van der Waals surface area contributed by atoms with Gasteiger partial charge in [0.05, 0.1) is 18.9 Å². The average Bonchev–Trinajstić information content (AvgIpc) is 2.60. The van der Waals surface area contributed by atoms with Crippen LogP contribution in [-0.4, -0.2) is 62.7 Å². The van der Waals surface area contributed by atoms with Gasteiger partial charge in [-0.15, -0.1) is 0 Å². The molecule has 1 atom stereocenters. The zero-order valence-corrected chi connectivity index (χ0v) is 13.8. The van der Waals surface area contributed by atoms with Crippen molar-refractivity contribution >= 4 is 17.5 Å². The van der Waals surface area contributed by atoms with Crippen LogP contribution in [0.15, 0.2) is 18.2 Å². The summed E-state index contributed by atoms with van der Waals surface area (Å²) in [4.78, 5) is 26.0. The largest absolute Gasteiger partial charge is 0.482 e.